The van der Waals surface area contributed by atoms with Gasteiger partial charge < -0.3 is 10.4 Å². The topological polar surface area (TPSA) is 66.4 Å². The highest BCUT2D eigenvalue weighted by molar-refractivity contribution is 5.90. The van der Waals surface area contributed by atoms with Crippen molar-refractivity contribution in [3.05, 3.63) is 0 Å². The van der Waals surface area contributed by atoms with Crippen molar-refractivity contribution in [2.75, 3.05) is 0 Å². The highest BCUT2D eigenvalue weighted by Gasteiger charge is 2.80. The zero-order valence-corrected chi connectivity index (χ0v) is 9.80. The Morgan fingerprint density at radius 3 is 2.17 bits per heavy atom. The average molecular weight is 265 g/mol. The van der Waals surface area contributed by atoms with Gasteiger partial charge in [-0.05, 0) is 25.7 Å². The summed E-state index contributed by atoms with van der Waals surface area (Å²) in [7, 11) is 0. The average Bonchev–Trinajstić information content (AvgIpc) is 2.06. The number of amides is 1. The maximum absolute atomic E-state index is 12.6. The van der Waals surface area contributed by atoms with Crippen molar-refractivity contribution in [1.29, 1.82) is 0 Å². The van der Waals surface area contributed by atoms with Gasteiger partial charge in [-0.2, -0.15) is 13.2 Å². The number of carboxylic acids is 1. The van der Waals surface area contributed by atoms with Gasteiger partial charge in [-0.25, -0.2) is 4.79 Å². The first kappa shape index (κ1) is 13.2. The molecule has 3 fully saturated rings. The second-order valence-electron chi connectivity index (χ2n) is 5.36. The Balaban J connectivity index is 1.94. The van der Waals surface area contributed by atoms with Gasteiger partial charge in [0.2, 0.25) is 5.91 Å². The molecule has 0 spiro atoms. The lowest BCUT2D eigenvalue weighted by Gasteiger charge is -2.69. The summed E-state index contributed by atoms with van der Waals surface area (Å²) in [5.74, 6) is -1.72. The summed E-state index contributed by atoms with van der Waals surface area (Å²) < 4.78 is 37.8. The molecule has 18 heavy (non-hydrogen) atoms. The molecule has 7 heteroatoms. The van der Waals surface area contributed by atoms with E-state index in [0.717, 1.165) is 0 Å². The van der Waals surface area contributed by atoms with Crippen LogP contribution in [0.25, 0.3) is 0 Å². The summed E-state index contributed by atoms with van der Waals surface area (Å²) in [5, 5.41) is 11.1. The van der Waals surface area contributed by atoms with Crippen molar-refractivity contribution in [2.45, 2.75) is 44.8 Å². The molecule has 0 heterocycles. The second-order valence-corrected chi connectivity index (χ2v) is 5.36. The fourth-order valence-corrected chi connectivity index (χ4v) is 2.98. The van der Waals surface area contributed by atoms with Crippen molar-refractivity contribution in [1.82, 2.24) is 5.32 Å². The molecule has 0 aromatic heterocycles. The molecule has 0 saturated heterocycles. The molecule has 102 valence electrons. The van der Waals surface area contributed by atoms with Gasteiger partial charge in [-0.1, -0.05) is 6.92 Å². The van der Waals surface area contributed by atoms with Gasteiger partial charge in [0.1, 0.15) is 6.04 Å². The van der Waals surface area contributed by atoms with Crippen LogP contribution >= 0.6 is 0 Å². The Hall–Kier alpha value is -1.27. The predicted molar refractivity (Wildman–Crippen MR) is 54.6 cm³/mol. The molecule has 0 aromatic rings. The van der Waals surface area contributed by atoms with Gasteiger partial charge in [-0.15, -0.1) is 0 Å². The molecule has 3 saturated carbocycles. The summed E-state index contributed by atoms with van der Waals surface area (Å²) in [6.45, 7) is 1.60. The van der Waals surface area contributed by atoms with Crippen LogP contribution < -0.4 is 5.32 Å². The molecule has 3 rings (SSSR count). The number of nitrogens with one attached hydrogen (secondary N) is 1. The van der Waals surface area contributed by atoms with Crippen molar-refractivity contribution in [3.8, 4) is 0 Å². The largest absolute Gasteiger partial charge is 0.480 e. The van der Waals surface area contributed by atoms with E-state index in [1.807, 2.05) is 0 Å². The van der Waals surface area contributed by atoms with Gasteiger partial charge in [0, 0.05) is 0 Å². The molecular formula is C11H14F3NO3. The van der Waals surface area contributed by atoms with Crippen molar-refractivity contribution in [3.63, 3.8) is 0 Å². The maximum atomic E-state index is 12.6. The summed E-state index contributed by atoms with van der Waals surface area (Å²) in [5.41, 5.74) is -2.66. The summed E-state index contributed by atoms with van der Waals surface area (Å²) in [6.07, 6.45) is -4.66. The van der Waals surface area contributed by atoms with E-state index in [9.17, 15) is 22.8 Å². The Morgan fingerprint density at radius 1 is 1.33 bits per heavy atom. The number of alkyl halides is 3. The van der Waals surface area contributed by atoms with Crippen LogP contribution in [0.1, 0.15) is 32.6 Å². The van der Waals surface area contributed by atoms with Gasteiger partial charge in [0.15, 0.2) is 0 Å². The van der Waals surface area contributed by atoms with E-state index >= 15 is 0 Å². The van der Waals surface area contributed by atoms with E-state index in [4.69, 9.17) is 5.11 Å². The molecule has 4 nitrogen and oxygen atoms in total. The molecule has 2 bridgehead atoms. The maximum Gasteiger partial charge on any atom is 0.394 e. The van der Waals surface area contributed by atoms with E-state index in [0.29, 0.717) is 0 Å². The molecular weight excluding hydrogens is 251 g/mol. The lowest BCUT2D eigenvalue weighted by Crippen LogP contribution is -2.73. The Labute approximate surface area is 102 Å². The minimum Gasteiger partial charge on any atom is -0.480 e. The molecule has 0 radical (unpaired) electrons. The standard InChI is InChI=1S/C11H14F3NO3/c1-2-6(7(16)17)15-8(18)9-3-10(4-9,5-9)11(12,13)14/h6H,2-5H2,1H3,(H,15,18)(H,16,17). The summed E-state index contributed by atoms with van der Waals surface area (Å²) in [6, 6.07) is -1.02. The normalized spacial score (nSPS) is 35.1. The number of carboxylic acid groups (broad SMARTS) is 1. The number of hydrogen-bond donors (Lipinski definition) is 2. The van der Waals surface area contributed by atoms with Gasteiger partial charge in [-0.3, -0.25) is 4.79 Å². The van der Waals surface area contributed by atoms with E-state index in [-0.39, 0.29) is 25.7 Å². The first-order valence-corrected chi connectivity index (χ1v) is 5.76. The molecule has 3 aliphatic rings. The van der Waals surface area contributed by atoms with Gasteiger partial charge in [0.25, 0.3) is 0 Å². The van der Waals surface area contributed by atoms with E-state index in [1.54, 1.807) is 6.92 Å². The van der Waals surface area contributed by atoms with Crippen molar-refractivity contribution in [2.24, 2.45) is 10.8 Å². The molecule has 1 amide bonds. The third-order valence-electron chi connectivity index (χ3n) is 4.13. The molecule has 2 N–H and O–H groups in total. The monoisotopic (exact) mass is 265 g/mol. The lowest BCUT2D eigenvalue weighted by atomic mass is 9.34. The number of carbonyl (C=O) groups is 2. The molecule has 0 aliphatic heterocycles. The molecule has 3 aliphatic carbocycles. The zero-order chi connectivity index (χ0) is 13.8. The van der Waals surface area contributed by atoms with Gasteiger partial charge in [0.05, 0.1) is 10.8 Å². The number of rotatable bonds is 4. The zero-order valence-electron chi connectivity index (χ0n) is 9.80. The Morgan fingerprint density at radius 2 is 1.83 bits per heavy atom. The van der Waals surface area contributed by atoms with E-state index in [1.165, 1.54) is 0 Å². The number of halogens is 3. The van der Waals surface area contributed by atoms with Gasteiger partial charge >= 0.3 is 12.1 Å². The summed E-state index contributed by atoms with van der Waals surface area (Å²) >= 11 is 0. The lowest BCUT2D eigenvalue weighted by molar-refractivity contribution is -0.351. The van der Waals surface area contributed by atoms with Crippen LogP contribution in [0.4, 0.5) is 13.2 Å². The van der Waals surface area contributed by atoms with Crippen LogP contribution in [-0.2, 0) is 9.59 Å². The van der Waals surface area contributed by atoms with Crippen LogP contribution in [0.5, 0.6) is 0 Å². The fourth-order valence-electron chi connectivity index (χ4n) is 2.98. The number of hydrogen-bond acceptors (Lipinski definition) is 2. The number of carbonyl (C=O) groups excluding carboxylic acids is 1. The quantitative estimate of drug-likeness (QED) is 0.813. The predicted octanol–water partition coefficient (Wildman–Crippen LogP) is 1.70. The fraction of sp³-hybridized carbons (Fsp3) is 0.818. The molecule has 0 aromatic carbocycles. The van der Waals surface area contributed by atoms with Crippen LogP contribution in [0.15, 0.2) is 0 Å². The van der Waals surface area contributed by atoms with Crippen LogP contribution in [0, 0.1) is 10.8 Å². The Kier molecular flexibility index (Phi) is 2.64. The van der Waals surface area contributed by atoms with Crippen molar-refractivity contribution < 1.29 is 27.9 Å². The third kappa shape index (κ3) is 1.59. The van der Waals surface area contributed by atoms with Crippen LogP contribution in [-0.4, -0.2) is 29.2 Å². The summed E-state index contributed by atoms with van der Waals surface area (Å²) in [4.78, 5) is 22.5. The van der Waals surface area contributed by atoms with Crippen LogP contribution in [0.3, 0.4) is 0 Å². The van der Waals surface area contributed by atoms with E-state index in [2.05, 4.69) is 5.32 Å². The first-order chi connectivity index (χ1) is 8.16. The minimum atomic E-state index is -4.26. The highest BCUT2D eigenvalue weighted by atomic mass is 19.4. The Bertz CT molecular complexity index is 385. The van der Waals surface area contributed by atoms with E-state index < -0.39 is 34.9 Å². The first-order valence-electron chi connectivity index (χ1n) is 5.76. The highest BCUT2D eigenvalue weighted by Crippen LogP contribution is 2.78. The molecule has 1 atom stereocenters. The third-order valence-corrected chi connectivity index (χ3v) is 4.13. The van der Waals surface area contributed by atoms with Crippen LogP contribution in [0.2, 0.25) is 0 Å². The second kappa shape index (κ2) is 3.61. The SMILES string of the molecule is CCC(NC(=O)C12CC(C(F)(F)F)(C1)C2)C(=O)O. The van der Waals surface area contributed by atoms with Crippen molar-refractivity contribution >= 4 is 11.9 Å². The minimum absolute atomic E-state index is 0.203. The molecule has 1 unspecified atom stereocenters. The number of aliphatic carboxylic acids is 1. The smallest absolute Gasteiger partial charge is 0.394 e.